The molecule has 0 radical (unpaired) electrons. The molecule has 0 aliphatic heterocycles. The van der Waals surface area contributed by atoms with Crippen molar-refractivity contribution in [1.29, 1.82) is 0 Å². The predicted molar refractivity (Wildman–Crippen MR) is 70.1 cm³/mol. The van der Waals surface area contributed by atoms with E-state index in [2.05, 4.69) is 46.0 Å². The minimum atomic E-state index is 0.724. The number of rotatable bonds is 4. The summed E-state index contributed by atoms with van der Waals surface area (Å²) < 4.78 is 0. The summed E-state index contributed by atoms with van der Waals surface area (Å²) in [5.41, 5.74) is 2.42. The van der Waals surface area contributed by atoms with Gasteiger partial charge in [0.1, 0.15) is 0 Å². The maximum absolute atomic E-state index is 6.29. The van der Waals surface area contributed by atoms with Crippen LogP contribution in [0.15, 0.2) is 18.2 Å². The van der Waals surface area contributed by atoms with E-state index in [0.29, 0.717) is 0 Å². The zero-order chi connectivity index (χ0) is 10.8. The first-order valence-corrected chi connectivity index (χ1v) is 6.87. The van der Waals surface area contributed by atoms with Gasteiger partial charge in [-0.1, -0.05) is 33.6 Å². The Labute approximate surface area is 105 Å². The van der Waals surface area contributed by atoms with Crippen LogP contribution in [0.1, 0.15) is 25.3 Å². The Morgan fingerprint density at radius 1 is 1.47 bits per heavy atom. The number of alkyl halides is 1. The van der Waals surface area contributed by atoms with Crippen LogP contribution >= 0.6 is 27.5 Å². The fourth-order valence-electron chi connectivity index (χ4n) is 1.88. The summed E-state index contributed by atoms with van der Waals surface area (Å²) in [4.78, 5) is 2.40. The molecule has 1 nitrogen and oxygen atoms in total. The van der Waals surface area contributed by atoms with E-state index in [0.717, 1.165) is 22.9 Å². The smallest absolute Gasteiger partial charge is 0.0642 e. The van der Waals surface area contributed by atoms with E-state index in [1.807, 2.05) is 0 Å². The Bertz CT molecular complexity index is 349. The second-order valence-electron chi connectivity index (χ2n) is 3.94. The lowest BCUT2D eigenvalue weighted by molar-refractivity contribution is 0.826. The lowest BCUT2D eigenvalue weighted by Crippen LogP contribution is -2.25. The van der Waals surface area contributed by atoms with E-state index >= 15 is 0 Å². The number of nitrogens with zero attached hydrogens (tertiary/aromatic N) is 1. The van der Waals surface area contributed by atoms with Gasteiger partial charge in [0, 0.05) is 17.9 Å². The van der Waals surface area contributed by atoms with Crippen molar-refractivity contribution in [2.75, 3.05) is 11.4 Å². The van der Waals surface area contributed by atoms with Crippen molar-refractivity contribution in [3.63, 3.8) is 0 Å². The number of hydrogen-bond donors (Lipinski definition) is 0. The van der Waals surface area contributed by atoms with Gasteiger partial charge in [-0.05, 0) is 37.5 Å². The molecule has 1 aliphatic carbocycles. The van der Waals surface area contributed by atoms with Crippen LogP contribution in [0.4, 0.5) is 5.69 Å². The molecule has 0 heterocycles. The minimum absolute atomic E-state index is 0.724. The van der Waals surface area contributed by atoms with Gasteiger partial charge in [0.25, 0.3) is 0 Å². The molecular formula is C12H15BrClN. The van der Waals surface area contributed by atoms with Crippen molar-refractivity contribution < 1.29 is 0 Å². The third-order valence-corrected chi connectivity index (χ3v) is 3.75. The molecule has 1 aliphatic rings. The summed E-state index contributed by atoms with van der Waals surface area (Å²) in [6.07, 6.45) is 2.62. The van der Waals surface area contributed by atoms with Crippen LogP contribution < -0.4 is 4.90 Å². The van der Waals surface area contributed by atoms with E-state index in [1.165, 1.54) is 24.1 Å². The summed E-state index contributed by atoms with van der Waals surface area (Å²) >= 11 is 9.73. The van der Waals surface area contributed by atoms with Crippen molar-refractivity contribution in [1.82, 2.24) is 0 Å². The number of hydrogen-bond acceptors (Lipinski definition) is 1. The highest BCUT2D eigenvalue weighted by atomic mass is 79.9. The van der Waals surface area contributed by atoms with Crippen molar-refractivity contribution in [3.05, 3.63) is 28.8 Å². The quantitative estimate of drug-likeness (QED) is 0.750. The molecular weight excluding hydrogens is 273 g/mol. The third kappa shape index (κ3) is 2.48. The molecule has 1 fully saturated rings. The summed E-state index contributed by atoms with van der Waals surface area (Å²) in [7, 11) is 0. The average molecular weight is 289 g/mol. The topological polar surface area (TPSA) is 3.24 Å². The molecule has 1 saturated carbocycles. The lowest BCUT2D eigenvalue weighted by Gasteiger charge is -2.24. The highest BCUT2D eigenvalue weighted by Gasteiger charge is 2.29. The average Bonchev–Trinajstić information content (AvgIpc) is 3.05. The largest absolute Gasteiger partial charge is 0.368 e. The Hall–Kier alpha value is -0.210. The molecule has 15 heavy (non-hydrogen) atoms. The fraction of sp³-hybridized carbons (Fsp3) is 0.500. The van der Waals surface area contributed by atoms with E-state index in [4.69, 9.17) is 11.6 Å². The monoisotopic (exact) mass is 287 g/mol. The van der Waals surface area contributed by atoms with E-state index in [9.17, 15) is 0 Å². The van der Waals surface area contributed by atoms with Crippen LogP contribution in [0.5, 0.6) is 0 Å². The Morgan fingerprint density at radius 2 is 2.20 bits per heavy atom. The van der Waals surface area contributed by atoms with Gasteiger partial charge in [0.05, 0.1) is 10.7 Å². The molecule has 2 rings (SSSR count). The third-order valence-electron chi connectivity index (χ3n) is 2.80. The van der Waals surface area contributed by atoms with Gasteiger partial charge in [0.2, 0.25) is 0 Å². The lowest BCUT2D eigenvalue weighted by atomic mass is 10.2. The zero-order valence-electron chi connectivity index (χ0n) is 8.84. The summed E-state index contributed by atoms with van der Waals surface area (Å²) in [6.45, 7) is 3.23. The summed E-state index contributed by atoms with van der Waals surface area (Å²) in [5, 5.41) is 1.74. The maximum atomic E-state index is 6.29. The highest BCUT2D eigenvalue weighted by Crippen LogP contribution is 2.35. The van der Waals surface area contributed by atoms with Crippen LogP contribution in [-0.4, -0.2) is 12.6 Å². The Kier molecular flexibility index (Phi) is 3.57. The molecule has 82 valence electrons. The van der Waals surface area contributed by atoms with Gasteiger partial charge in [-0.15, -0.1) is 0 Å². The second kappa shape index (κ2) is 4.75. The van der Waals surface area contributed by atoms with Crippen LogP contribution in [0.25, 0.3) is 0 Å². The van der Waals surface area contributed by atoms with Gasteiger partial charge in [-0.25, -0.2) is 0 Å². The molecule has 0 aromatic heterocycles. The summed E-state index contributed by atoms with van der Waals surface area (Å²) in [5.74, 6) is 0. The number of halogens is 2. The van der Waals surface area contributed by atoms with E-state index in [-0.39, 0.29) is 0 Å². The number of benzene rings is 1. The predicted octanol–water partition coefficient (Wildman–Crippen LogP) is 4.22. The molecule has 0 unspecified atom stereocenters. The minimum Gasteiger partial charge on any atom is -0.368 e. The SMILES string of the molecule is CCN(c1ccc(CBr)cc1Cl)C1CC1. The van der Waals surface area contributed by atoms with Crippen molar-refractivity contribution in [2.24, 2.45) is 0 Å². The first-order chi connectivity index (χ1) is 7.26. The van der Waals surface area contributed by atoms with E-state index in [1.54, 1.807) is 0 Å². The molecule has 0 N–H and O–H groups in total. The molecule has 0 saturated heterocycles. The van der Waals surface area contributed by atoms with Gasteiger partial charge in [-0.3, -0.25) is 0 Å². The van der Waals surface area contributed by atoms with Crippen LogP contribution in [0.3, 0.4) is 0 Å². The van der Waals surface area contributed by atoms with Crippen LogP contribution in [0.2, 0.25) is 5.02 Å². The highest BCUT2D eigenvalue weighted by molar-refractivity contribution is 9.08. The van der Waals surface area contributed by atoms with Gasteiger partial charge in [0.15, 0.2) is 0 Å². The molecule has 0 amide bonds. The number of anilines is 1. The van der Waals surface area contributed by atoms with Crippen LogP contribution in [-0.2, 0) is 5.33 Å². The van der Waals surface area contributed by atoms with Crippen LogP contribution in [0, 0.1) is 0 Å². The second-order valence-corrected chi connectivity index (χ2v) is 4.90. The first-order valence-electron chi connectivity index (χ1n) is 5.37. The normalized spacial score (nSPS) is 15.4. The standard InChI is InChI=1S/C12H15BrClN/c1-2-15(10-4-5-10)12-6-3-9(8-13)7-11(12)14/h3,6-7,10H,2,4-5,8H2,1H3. The van der Waals surface area contributed by atoms with Gasteiger partial charge in [-0.2, -0.15) is 0 Å². The van der Waals surface area contributed by atoms with Crippen molar-refractivity contribution in [2.45, 2.75) is 31.1 Å². The maximum Gasteiger partial charge on any atom is 0.0642 e. The van der Waals surface area contributed by atoms with Crippen molar-refractivity contribution in [3.8, 4) is 0 Å². The zero-order valence-corrected chi connectivity index (χ0v) is 11.2. The Morgan fingerprint density at radius 3 is 2.67 bits per heavy atom. The van der Waals surface area contributed by atoms with Crippen molar-refractivity contribution >= 4 is 33.2 Å². The molecule has 0 atom stereocenters. The molecule has 3 heteroatoms. The molecule has 0 bridgehead atoms. The van der Waals surface area contributed by atoms with E-state index < -0.39 is 0 Å². The molecule has 1 aromatic carbocycles. The first kappa shape index (κ1) is 11.3. The van der Waals surface area contributed by atoms with Gasteiger partial charge >= 0.3 is 0 Å². The summed E-state index contributed by atoms with van der Waals surface area (Å²) in [6, 6.07) is 7.06. The molecule has 0 spiro atoms. The molecule has 1 aromatic rings. The Balaban J connectivity index is 2.26. The van der Waals surface area contributed by atoms with Gasteiger partial charge < -0.3 is 4.90 Å². The fourth-order valence-corrected chi connectivity index (χ4v) is 2.54.